The van der Waals surface area contributed by atoms with Gasteiger partial charge in [-0.15, -0.1) is 0 Å². The summed E-state index contributed by atoms with van der Waals surface area (Å²) in [5, 5.41) is 20.5. The summed E-state index contributed by atoms with van der Waals surface area (Å²) in [6.45, 7) is 1.25. The van der Waals surface area contributed by atoms with Crippen LogP contribution in [0.4, 0.5) is 18.9 Å². The molecule has 0 radical (unpaired) electrons. The van der Waals surface area contributed by atoms with Crippen LogP contribution >= 0.6 is 22.6 Å². The second kappa shape index (κ2) is 5.97. The molecule has 1 unspecified atom stereocenters. The first-order valence-corrected chi connectivity index (χ1v) is 6.85. The summed E-state index contributed by atoms with van der Waals surface area (Å²) in [4.78, 5) is 11.7. The lowest BCUT2D eigenvalue weighted by Crippen LogP contribution is -2.41. The van der Waals surface area contributed by atoms with Crippen molar-refractivity contribution in [3.8, 4) is 6.07 Å². The first-order chi connectivity index (χ1) is 9.11. The van der Waals surface area contributed by atoms with E-state index in [1.807, 2.05) is 0 Å². The molecule has 1 aromatic rings. The summed E-state index contributed by atoms with van der Waals surface area (Å²) < 4.78 is 38.3. The topological polar surface area (TPSA) is 73.1 Å². The van der Waals surface area contributed by atoms with Crippen LogP contribution in [0.3, 0.4) is 0 Å². The second-order valence-corrected chi connectivity index (χ2v) is 4.99. The summed E-state index contributed by atoms with van der Waals surface area (Å²) >= 11 is 1.79. The molecule has 8 heteroatoms. The van der Waals surface area contributed by atoms with E-state index in [-0.39, 0.29) is 10.1 Å². The molecule has 0 saturated carbocycles. The van der Waals surface area contributed by atoms with E-state index in [9.17, 15) is 23.1 Å². The molecule has 0 aromatic heterocycles. The normalized spacial score (nSPS) is 14.2. The number of nitriles is 1. The van der Waals surface area contributed by atoms with Gasteiger partial charge in [0.25, 0.3) is 5.91 Å². The predicted octanol–water partition coefficient (Wildman–Crippen LogP) is 2.70. The van der Waals surface area contributed by atoms with Crippen LogP contribution in [0.2, 0.25) is 0 Å². The van der Waals surface area contributed by atoms with E-state index in [1.54, 1.807) is 22.6 Å². The summed E-state index contributed by atoms with van der Waals surface area (Å²) in [7, 11) is 0. The van der Waals surface area contributed by atoms with Gasteiger partial charge >= 0.3 is 6.18 Å². The molecule has 0 fully saturated rings. The zero-order chi connectivity index (χ0) is 15.6. The summed E-state index contributed by atoms with van der Waals surface area (Å²) in [5.74, 6) is -0.815. The van der Waals surface area contributed by atoms with Crippen LogP contribution in [0, 0.1) is 11.3 Å². The number of anilines is 1. The lowest BCUT2D eigenvalue weighted by molar-refractivity contribution is -0.137. The molecule has 0 spiro atoms. The fourth-order valence-corrected chi connectivity index (χ4v) is 1.63. The monoisotopic (exact) mass is 398 g/mol. The fourth-order valence-electron chi connectivity index (χ4n) is 1.28. The minimum atomic E-state index is -4.70. The molecule has 0 saturated heterocycles. The van der Waals surface area contributed by atoms with Gasteiger partial charge in [-0.3, -0.25) is 4.79 Å². The van der Waals surface area contributed by atoms with Crippen molar-refractivity contribution in [2.45, 2.75) is 18.7 Å². The van der Waals surface area contributed by atoms with Gasteiger partial charge in [0.05, 0.1) is 17.2 Å². The van der Waals surface area contributed by atoms with Crippen molar-refractivity contribution in [1.29, 1.82) is 5.26 Å². The van der Waals surface area contributed by atoms with Crippen LogP contribution in [0.15, 0.2) is 18.2 Å². The number of halogens is 4. The molecule has 1 atom stereocenters. The third-order valence-corrected chi connectivity index (χ3v) is 3.94. The van der Waals surface area contributed by atoms with Gasteiger partial charge in [-0.1, -0.05) is 22.6 Å². The van der Waals surface area contributed by atoms with Crippen LogP contribution in [0.1, 0.15) is 18.1 Å². The Labute approximate surface area is 126 Å². The van der Waals surface area contributed by atoms with E-state index >= 15 is 0 Å². The Morgan fingerprint density at radius 1 is 1.50 bits per heavy atom. The largest absolute Gasteiger partial charge is 0.417 e. The Hall–Kier alpha value is -1.34. The Bertz CT molecular complexity index is 565. The van der Waals surface area contributed by atoms with Gasteiger partial charge < -0.3 is 10.4 Å². The van der Waals surface area contributed by atoms with Gasteiger partial charge in [-0.25, -0.2) is 0 Å². The molecule has 0 bridgehead atoms. The second-order valence-electron chi connectivity index (χ2n) is 4.23. The average molecular weight is 398 g/mol. The SMILES string of the molecule is CC(O)(CI)C(=O)Nc1ccc(C#N)c(C(F)(F)F)c1. The van der Waals surface area contributed by atoms with Crippen LogP contribution in [-0.2, 0) is 11.0 Å². The summed E-state index contributed by atoms with van der Waals surface area (Å²) in [5.41, 5.74) is -3.48. The molecular formula is C12H10F3IN2O2. The Balaban J connectivity index is 3.12. The van der Waals surface area contributed by atoms with E-state index in [0.717, 1.165) is 6.07 Å². The molecule has 0 aliphatic heterocycles. The minimum Gasteiger partial charge on any atom is -0.379 e. The van der Waals surface area contributed by atoms with Crippen molar-refractivity contribution in [3.05, 3.63) is 29.3 Å². The van der Waals surface area contributed by atoms with Crippen molar-refractivity contribution in [2.24, 2.45) is 0 Å². The number of rotatable bonds is 3. The standard InChI is InChI=1S/C12H10F3IN2O2/c1-11(20,6-16)10(19)18-8-3-2-7(5-17)9(4-8)12(13,14)15/h2-4,20H,6H2,1H3,(H,18,19). The van der Waals surface area contributed by atoms with Crippen molar-refractivity contribution in [3.63, 3.8) is 0 Å². The van der Waals surface area contributed by atoms with E-state index in [2.05, 4.69) is 5.32 Å². The summed E-state index contributed by atoms with van der Waals surface area (Å²) in [6.07, 6.45) is -4.70. The van der Waals surface area contributed by atoms with Gasteiger partial charge in [0.15, 0.2) is 0 Å². The highest BCUT2D eigenvalue weighted by Gasteiger charge is 2.34. The third-order valence-electron chi connectivity index (χ3n) is 2.45. The highest BCUT2D eigenvalue weighted by atomic mass is 127. The third kappa shape index (κ3) is 3.83. The van der Waals surface area contributed by atoms with Crippen LogP contribution in [-0.4, -0.2) is 21.0 Å². The van der Waals surface area contributed by atoms with Gasteiger partial charge in [-0.2, -0.15) is 18.4 Å². The number of aliphatic hydroxyl groups is 1. The number of alkyl halides is 4. The maximum Gasteiger partial charge on any atom is 0.417 e. The number of hydrogen-bond donors (Lipinski definition) is 2. The lowest BCUT2D eigenvalue weighted by Gasteiger charge is -2.20. The predicted molar refractivity (Wildman–Crippen MR) is 74.3 cm³/mol. The zero-order valence-electron chi connectivity index (χ0n) is 10.3. The van der Waals surface area contributed by atoms with E-state index in [4.69, 9.17) is 5.26 Å². The first-order valence-electron chi connectivity index (χ1n) is 5.33. The van der Waals surface area contributed by atoms with Crippen LogP contribution in [0.5, 0.6) is 0 Å². The Kier molecular flexibility index (Phi) is 4.99. The molecule has 1 rings (SSSR count). The lowest BCUT2D eigenvalue weighted by atomic mass is 10.1. The van der Waals surface area contributed by atoms with Gasteiger partial charge in [0.1, 0.15) is 5.60 Å². The first kappa shape index (κ1) is 16.7. The average Bonchev–Trinajstić information content (AvgIpc) is 2.37. The Morgan fingerprint density at radius 3 is 2.55 bits per heavy atom. The van der Waals surface area contributed by atoms with Crippen molar-refractivity contribution in [1.82, 2.24) is 0 Å². The van der Waals surface area contributed by atoms with Gasteiger partial charge in [0.2, 0.25) is 0 Å². The van der Waals surface area contributed by atoms with Crippen molar-refractivity contribution < 1.29 is 23.1 Å². The molecule has 0 aliphatic carbocycles. The van der Waals surface area contributed by atoms with Gasteiger partial charge in [-0.05, 0) is 25.1 Å². The van der Waals surface area contributed by atoms with Gasteiger partial charge in [0, 0.05) is 10.1 Å². The molecule has 108 valence electrons. The zero-order valence-corrected chi connectivity index (χ0v) is 12.4. The molecule has 1 amide bonds. The molecule has 4 nitrogen and oxygen atoms in total. The summed E-state index contributed by atoms with van der Waals surface area (Å²) in [6, 6.07) is 4.25. The number of carbonyl (C=O) groups excluding carboxylic acids is 1. The number of nitrogens with zero attached hydrogens (tertiary/aromatic N) is 1. The molecule has 2 N–H and O–H groups in total. The van der Waals surface area contributed by atoms with Crippen LogP contribution in [0.25, 0.3) is 0 Å². The number of carbonyl (C=O) groups is 1. The quantitative estimate of drug-likeness (QED) is 0.608. The molecule has 0 aliphatic rings. The maximum atomic E-state index is 12.7. The maximum absolute atomic E-state index is 12.7. The highest BCUT2D eigenvalue weighted by Crippen LogP contribution is 2.33. The molecule has 1 aromatic carbocycles. The minimum absolute atomic E-state index is 0.0823. The number of nitrogens with one attached hydrogen (secondary N) is 1. The number of hydrogen-bond acceptors (Lipinski definition) is 3. The van der Waals surface area contributed by atoms with E-state index in [1.165, 1.54) is 19.1 Å². The van der Waals surface area contributed by atoms with E-state index < -0.39 is 28.8 Å². The Morgan fingerprint density at radius 2 is 2.10 bits per heavy atom. The van der Waals surface area contributed by atoms with Crippen molar-refractivity contribution in [2.75, 3.05) is 9.74 Å². The highest BCUT2D eigenvalue weighted by molar-refractivity contribution is 14.1. The smallest absolute Gasteiger partial charge is 0.379 e. The molecule has 20 heavy (non-hydrogen) atoms. The van der Waals surface area contributed by atoms with E-state index in [0.29, 0.717) is 6.07 Å². The molecule has 0 heterocycles. The number of benzene rings is 1. The van der Waals surface area contributed by atoms with Crippen molar-refractivity contribution >= 4 is 34.2 Å². The van der Waals surface area contributed by atoms with Crippen LogP contribution < -0.4 is 5.32 Å². The number of amides is 1. The molecular weight excluding hydrogens is 388 g/mol. The fraction of sp³-hybridized carbons (Fsp3) is 0.333.